The van der Waals surface area contributed by atoms with Gasteiger partial charge in [-0.05, 0) is 60.5 Å². The van der Waals surface area contributed by atoms with Crippen LogP contribution in [0.25, 0.3) is 11.1 Å². The fourth-order valence-electron chi connectivity index (χ4n) is 2.75. The lowest BCUT2D eigenvalue weighted by atomic mass is 10.1. The van der Waals surface area contributed by atoms with Crippen LogP contribution in [0.15, 0.2) is 54.6 Å². The predicted molar refractivity (Wildman–Crippen MR) is 115 cm³/mol. The van der Waals surface area contributed by atoms with Crippen molar-refractivity contribution in [2.75, 3.05) is 19.0 Å². The molecule has 0 saturated heterocycles. The zero-order chi connectivity index (χ0) is 20.8. The number of hydrogen-bond acceptors (Lipinski definition) is 5. The Bertz CT molecular complexity index is 995. The average Bonchev–Trinajstić information content (AvgIpc) is 3.11. The number of ether oxygens (including phenoxy) is 2. The minimum atomic E-state index is -0.408. The van der Waals surface area contributed by atoms with Crippen LogP contribution in [0.1, 0.15) is 21.0 Å². The molecule has 0 bridgehead atoms. The zero-order valence-corrected chi connectivity index (χ0v) is 17.0. The van der Waals surface area contributed by atoms with Gasteiger partial charge in [0, 0.05) is 10.6 Å². The molecular formula is C22H22N2O4S. The summed E-state index contributed by atoms with van der Waals surface area (Å²) in [5.41, 5.74) is 7.81. The molecule has 0 atom stereocenters. The summed E-state index contributed by atoms with van der Waals surface area (Å²) >= 11 is 1.45. The maximum Gasteiger partial charge on any atom is 0.265 e. The molecule has 0 unspecified atom stereocenters. The monoisotopic (exact) mass is 410 g/mol. The van der Waals surface area contributed by atoms with Gasteiger partial charge in [0.05, 0.1) is 25.0 Å². The average molecular weight is 410 g/mol. The molecule has 2 amide bonds. The van der Waals surface area contributed by atoms with E-state index in [1.807, 2.05) is 37.3 Å². The van der Waals surface area contributed by atoms with Crippen LogP contribution in [-0.2, 0) is 4.79 Å². The van der Waals surface area contributed by atoms with E-state index in [1.165, 1.54) is 11.3 Å². The van der Waals surface area contributed by atoms with Crippen molar-refractivity contribution in [3.8, 4) is 22.6 Å². The van der Waals surface area contributed by atoms with Crippen LogP contribution in [-0.4, -0.2) is 25.5 Å². The highest BCUT2D eigenvalue weighted by molar-refractivity contribution is 7.14. The number of carbonyl (C=O) groups is 2. The van der Waals surface area contributed by atoms with Crippen LogP contribution in [0.4, 0.5) is 5.69 Å². The van der Waals surface area contributed by atoms with Gasteiger partial charge in [-0.2, -0.15) is 0 Å². The number of nitrogens with one attached hydrogen (secondary N) is 1. The molecule has 3 aromatic rings. The third-order valence-electron chi connectivity index (χ3n) is 4.27. The Morgan fingerprint density at radius 2 is 1.69 bits per heavy atom. The van der Waals surface area contributed by atoms with E-state index in [-0.39, 0.29) is 18.9 Å². The minimum absolute atomic E-state index is 0.159. The third kappa shape index (κ3) is 5.36. The lowest BCUT2D eigenvalue weighted by Gasteiger charge is -2.07. The summed E-state index contributed by atoms with van der Waals surface area (Å²) in [6.45, 7) is 2.23. The molecule has 0 radical (unpaired) electrons. The highest BCUT2D eigenvalue weighted by Gasteiger charge is 2.14. The first-order chi connectivity index (χ1) is 14.0. The summed E-state index contributed by atoms with van der Waals surface area (Å²) in [6, 6.07) is 16.6. The molecule has 150 valence electrons. The number of anilines is 1. The van der Waals surface area contributed by atoms with Gasteiger partial charge >= 0.3 is 0 Å². The van der Waals surface area contributed by atoms with Gasteiger partial charge in [0.1, 0.15) is 11.5 Å². The Balaban J connectivity index is 1.65. The van der Waals surface area contributed by atoms with E-state index in [0.717, 1.165) is 21.8 Å². The van der Waals surface area contributed by atoms with Gasteiger partial charge in [-0.3, -0.25) is 9.59 Å². The molecule has 1 heterocycles. The van der Waals surface area contributed by atoms with Crippen molar-refractivity contribution in [1.29, 1.82) is 0 Å². The number of nitrogens with two attached hydrogens (primary N) is 1. The summed E-state index contributed by atoms with van der Waals surface area (Å²) in [5, 5.41) is 2.89. The number of methoxy groups -OCH3 is 1. The van der Waals surface area contributed by atoms with Gasteiger partial charge in [0.25, 0.3) is 5.91 Å². The molecule has 29 heavy (non-hydrogen) atoms. The van der Waals surface area contributed by atoms with Crippen LogP contribution in [0, 0.1) is 6.92 Å². The molecule has 0 aliphatic rings. The molecule has 0 aliphatic carbocycles. The van der Waals surface area contributed by atoms with E-state index < -0.39 is 5.91 Å². The highest BCUT2D eigenvalue weighted by atomic mass is 32.1. The van der Waals surface area contributed by atoms with Crippen molar-refractivity contribution in [3.05, 3.63) is 64.4 Å². The molecule has 7 heteroatoms. The standard InChI is InChI=1S/C22H22N2O4S/c1-14-19(15-3-7-17(27-2)8-4-15)13-20(29-14)22(26)24-16-5-9-18(10-6-16)28-12-11-21(23)25/h3-10,13H,11-12H2,1-2H3,(H2,23,25)(H,24,26). The van der Waals surface area contributed by atoms with E-state index in [4.69, 9.17) is 15.2 Å². The lowest BCUT2D eigenvalue weighted by molar-refractivity contribution is -0.118. The smallest absolute Gasteiger partial charge is 0.265 e. The molecule has 1 aromatic heterocycles. The Kier molecular flexibility index (Phi) is 6.51. The maximum atomic E-state index is 12.6. The van der Waals surface area contributed by atoms with E-state index in [9.17, 15) is 9.59 Å². The molecule has 6 nitrogen and oxygen atoms in total. The second-order valence-electron chi connectivity index (χ2n) is 6.35. The van der Waals surface area contributed by atoms with Crippen molar-refractivity contribution in [2.24, 2.45) is 5.73 Å². The second kappa shape index (κ2) is 9.25. The summed E-state index contributed by atoms with van der Waals surface area (Å²) < 4.78 is 10.6. The SMILES string of the molecule is COc1ccc(-c2cc(C(=O)Nc3ccc(OCCC(N)=O)cc3)sc2C)cc1. The number of aryl methyl sites for hydroxylation is 1. The van der Waals surface area contributed by atoms with Gasteiger partial charge in [-0.1, -0.05) is 12.1 Å². The molecule has 3 rings (SSSR count). The third-order valence-corrected chi connectivity index (χ3v) is 5.32. The molecule has 2 aromatic carbocycles. The van der Waals surface area contributed by atoms with E-state index in [0.29, 0.717) is 16.3 Å². The first-order valence-corrected chi connectivity index (χ1v) is 9.85. The summed E-state index contributed by atoms with van der Waals surface area (Å²) in [4.78, 5) is 25.1. The maximum absolute atomic E-state index is 12.6. The topological polar surface area (TPSA) is 90.7 Å². The lowest BCUT2D eigenvalue weighted by Crippen LogP contribution is -2.14. The van der Waals surface area contributed by atoms with Crippen molar-refractivity contribution in [3.63, 3.8) is 0 Å². The van der Waals surface area contributed by atoms with Crippen molar-refractivity contribution < 1.29 is 19.1 Å². The van der Waals surface area contributed by atoms with Crippen LogP contribution in [0.2, 0.25) is 0 Å². The number of thiophene rings is 1. The largest absolute Gasteiger partial charge is 0.497 e. The van der Waals surface area contributed by atoms with Gasteiger partial charge in [0.2, 0.25) is 5.91 Å². The number of benzene rings is 2. The zero-order valence-electron chi connectivity index (χ0n) is 16.2. The molecule has 0 saturated carbocycles. The van der Waals surface area contributed by atoms with Gasteiger partial charge in [-0.15, -0.1) is 11.3 Å². The Morgan fingerprint density at radius 1 is 1.03 bits per heavy atom. The van der Waals surface area contributed by atoms with Crippen LogP contribution in [0.5, 0.6) is 11.5 Å². The van der Waals surface area contributed by atoms with Crippen LogP contribution >= 0.6 is 11.3 Å². The molecule has 3 N–H and O–H groups in total. The Morgan fingerprint density at radius 3 is 2.31 bits per heavy atom. The van der Waals surface area contributed by atoms with Gasteiger partial charge in [-0.25, -0.2) is 0 Å². The fourth-order valence-corrected chi connectivity index (χ4v) is 3.68. The van der Waals surface area contributed by atoms with E-state index in [1.54, 1.807) is 31.4 Å². The summed E-state index contributed by atoms with van der Waals surface area (Å²) in [7, 11) is 1.63. The van der Waals surface area contributed by atoms with Crippen molar-refractivity contribution >= 4 is 28.8 Å². The summed E-state index contributed by atoms with van der Waals surface area (Å²) in [5.74, 6) is 0.828. The van der Waals surface area contributed by atoms with Gasteiger partial charge < -0.3 is 20.5 Å². The van der Waals surface area contributed by atoms with E-state index in [2.05, 4.69) is 5.32 Å². The second-order valence-corrected chi connectivity index (χ2v) is 7.61. The molecule has 0 aliphatic heterocycles. The quantitative estimate of drug-likeness (QED) is 0.581. The first-order valence-electron chi connectivity index (χ1n) is 9.03. The molecule has 0 spiro atoms. The Hall–Kier alpha value is -3.32. The number of rotatable bonds is 8. The molecular weight excluding hydrogens is 388 g/mol. The predicted octanol–water partition coefficient (Wildman–Crippen LogP) is 4.24. The first kappa shape index (κ1) is 20.4. The van der Waals surface area contributed by atoms with Crippen molar-refractivity contribution in [2.45, 2.75) is 13.3 Å². The van der Waals surface area contributed by atoms with Crippen molar-refractivity contribution in [1.82, 2.24) is 0 Å². The number of primary amides is 1. The fraction of sp³-hybridized carbons (Fsp3) is 0.182. The summed E-state index contributed by atoms with van der Waals surface area (Å²) in [6.07, 6.45) is 0.159. The van der Waals surface area contributed by atoms with Crippen LogP contribution < -0.4 is 20.5 Å². The van der Waals surface area contributed by atoms with E-state index >= 15 is 0 Å². The minimum Gasteiger partial charge on any atom is -0.497 e. The number of amides is 2. The number of carbonyl (C=O) groups excluding carboxylic acids is 2. The van der Waals surface area contributed by atoms with Gasteiger partial charge in [0.15, 0.2) is 0 Å². The van der Waals surface area contributed by atoms with Crippen LogP contribution in [0.3, 0.4) is 0 Å². The Labute approximate surface area is 173 Å². The molecule has 0 fully saturated rings. The normalized spacial score (nSPS) is 10.4. The number of hydrogen-bond donors (Lipinski definition) is 2. The highest BCUT2D eigenvalue weighted by Crippen LogP contribution is 2.32.